The molecule has 84 valence electrons. The van der Waals surface area contributed by atoms with E-state index in [1.807, 2.05) is 0 Å². The van der Waals surface area contributed by atoms with Crippen molar-refractivity contribution in [2.24, 2.45) is 5.92 Å². The molecule has 0 aliphatic carbocycles. The van der Waals surface area contributed by atoms with Crippen molar-refractivity contribution in [2.45, 2.75) is 20.3 Å². The van der Waals surface area contributed by atoms with E-state index in [0.717, 1.165) is 6.42 Å². The summed E-state index contributed by atoms with van der Waals surface area (Å²) in [7, 11) is 0. The molecule has 1 aromatic carbocycles. The highest BCUT2D eigenvalue weighted by molar-refractivity contribution is 5.91. The number of fused-ring (bicyclic) bond motifs is 1. The lowest BCUT2D eigenvalue weighted by Crippen LogP contribution is -1.94. The lowest BCUT2D eigenvalue weighted by molar-refractivity contribution is 0.0697. The molecule has 4 heteroatoms. The topological polar surface area (TPSA) is 63.3 Å². The summed E-state index contributed by atoms with van der Waals surface area (Å²) in [6, 6.07) is 4.72. The molecule has 1 heterocycles. The molecule has 1 aromatic heterocycles. The van der Waals surface area contributed by atoms with Crippen LogP contribution in [0.3, 0.4) is 0 Å². The average Bonchev–Trinajstić information content (AvgIpc) is 2.56. The molecule has 0 radical (unpaired) electrons. The van der Waals surface area contributed by atoms with Crippen molar-refractivity contribution in [3.63, 3.8) is 0 Å². The Balaban J connectivity index is 2.42. The monoisotopic (exact) mass is 219 g/mol. The van der Waals surface area contributed by atoms with Crippen molar-refractivity contribution in [3.05, 3.63) is 29.7 Å². The lowest BCUT2D eigenvalue weighted by atomic mass is 10.1. The predicted molar refractivity (Wildman–Crippen MR) is 59.5 cm³/mol. The largest absolute Gasteiger partial charge is 0.478 e. The number of carboxylic acids is 1. The molecule has 0 bridgehead atoms. The van der Waals surface area contributed by atoms with E-state index in [2.05, 4.69) is 18.8 Å². The Kier molecular flexibility index (Phi) is 2.64. The highest BCUT2D eigenvalue weighted by Gasteiger charge is 2.10. The molecular weight excluding hydrogens is 206 g/mol. The highest BCUT2D eigenvalue weighted by atomic mass is 16.4. The van der Waals surface area contributed by atoms with E-state index in [-0.39, 0.29) is 5.56 Å². The molecule has 2 aromatic rings. The van der Waals surface area contributed by atoms with E-state index in [1.165, 1.54) is 12.1 Å². The fourth-order valence-electron chi connectivity index (χ4n) is 1.54. The van der Waals surface area contributed by atoms with Gasteiger partial charge in [-0.1, -0.05) is 13.8 Å². The van der Waals surface area contributed by atoms with Crippen LogP contribution in [0.2, 0.25) is 0 Å². The van der Waals surface area contributed by atoms with E-state index in [4.69, 9.17) is 9.52 Å². The third-order valence-corrected chi connectivity index (χ3v) is 2.26. The zero-order chi connectivity index (χ0) is 11.7. The normalized spacial score (nSPS) is 11.2. The van der Waals surface area contributed by atoms with E-state index >= 15 is 0 Å². The summed E-state index contributed by atoms with van der Waals surface area (Å²) in [6.07, 6.45) is 0.761. The van der Waals surface area contributed by atoms with Gasteiger partial charge in [0.05, 0.1) is 5.56 Å². The quantitative estimate of drug-likeness (QED) is 0.862. The molecule has 1 N–H and O–H groups in total. The summed E-state index contributed by atoms with van der Waals surface area (Å²) in [5.74, 6) is 0.170. The van der Waals surface area contributed by atoms with Crippen molar-refractivity contribution in [1.29, 1.82) is 0 Å². The number of aromatic carboxylic acids is 1. The number of rotatable bonds is 3. The number of benzene rings is 1. The van der Waals surface area contributed by atoms with Crippen molar-refractivity contribution >= 4 is 17.1 Å². The molecule has 16 heavy (non-hydrogen) atoms. The molecule has 0 fully saturated rings. The average molecular weight is 219 g/mol. The van der Waals surface area contributed by atoms with E-state index in [0.29, 0.717) is 22.9 Å². The second kappa shape index (κ2) is 3.96. The van der Waals surface area contributed by atoms with Gasteiger partial charge < -0.3 is 9.52 Å². The lowest BCUT2D eigenvalue weighted by Gasteiger charge is -1.96. The number of hydrogen-bond donors (Lipinski definition) is 1. The van der Waals surface area contributed by atoms with Crippen molar-refractivity contribution < 1.29 is 14.3 Å². The summed E-state index contributed by atoms with van der Waals surface area (Å²) in [6.45, 7) is 4.16. The van der Waals surface area contributed by atoms with Crippen LogP contribution in [0.4, 0.5) is 0 Å². The maximum atomic E-state index is 10.8. The first-order chi connectivity index (χ1) is 7.56. The minimum atomic E-state index is -0.955. The molecule has 0 saturated carbocycles. The summed E-state index contributed by atoms with van der Waals surface area (Å²) in [5, 5.41) is 8.83. The molecule has 0 saturated heterocycles. The van der Waals surface area contributed by atoms with Crippen LogP contribution < -0.4 is 0 Å². The van der Waals surface area contributed by atoms with E-state index in [1.54, 1.807) is 6.07 Å². The van der Waals surface area contributed by atoms with Gasteiger partial charge in [0.2, 0.25) is 0 Å². The third-order valence-electron chi connectivity index (χ3n) is 2.26. The molecule has 0 spiro atoms. The van der Waals surface area contributed by atoms with Gasteiger partial charge in [0.15, 0.2) is 11.5 Å². The standard InChI is InChI=1S/C12H13NO3/c1-7(2)5-11-13-9-4-3-8(12(14)15)6-10(9)16-11/h3-4,6-7H,5H2,1-2H3,(H,14,15). The van der Waals surface area contributed by atoms with Gasteiger partial charge in [-0.05, 0) is 24.1 Å². The zero-order valence-corrected chi connectivity index (χ0v) is 9.23. The molecule has 0 aliphatic heterocycles. The molecule has 0 amide bonds. The molecule has 4 nitrogen and oxygen atoms in total. The number of carboxylic acid groups (broad SMARTS) is 1. The molecule has 0 unspecified atom stereocenters. The summed E-state index contributed by atoms with van der Waals surface area (Å²) < 4.78 is 5.50. The van der Waals surface area contributed by atoms with Crippen LogP contribution in [0.25, 0.3) is 11.1 Å². The number of nitrogens with zero attached hydrogens (tertiary/aromatic N) is 1. The van der Waals surface area contributed by atoms with Gasteiger partial charge in [0.25, 0.3) is 0 Å². The Hall–Kier alpha value is -1.84. The van der Waals surface area contributed by atoms with Gasteiger partial charge in [0.1, 0.15) is 5.52 Å². The molecule has 0 aliphatic rings. The smallest absolute Gasteiger partial charge is 0.335 e. The van der Waals surface area contributed by atoms with Crippen molar-refractivity contribution in [2.75, 3.05) is 0 Å². The van der Waals surface area contributed by atoms with Crippen LogP contribution in [0.1, 0.15) is 30.1 Å². The first-order valence-electron chi connectivity index (χ1n) is 5.19. The number of aromatic nitrogens is 1. The Morgan fingerprint density at radius 2 is 2.25 bits per heavy atom. The van der Waals surface area contributed by atoms with Crippen molar-refractivity contribution in [1.82, 2.24) is 4.98 Å². The minimum absolute atomic E-state index is 0.222. The van der Waals surface area contributed by atoms with Crippen LogP contribution >= 0.6 is 0 Å². The fourth-order valence-corrected chi connectivity index (χ4v) is 1.54. The van der Waals surface area contributed by atoms with Gasteiger partial charge in [-0.25, -0.2) is 9.78 Å². The van der Waals surface area contributed by atoms with Gasteiger partial charge in [-0.15, -0.1) is 0 Å². The van der Waals surface area contributed by atoms with Gasteiger partial charge in [0, 0.05) is 6.42 Å². The molecule has 2 rings (SSSR count). The van der Waals surface area contributed by atoms with Gasteiger partial charge in [-0.3, -0.25) is 0 Å². The van der Waals surface area contributed by atoms with E-state index in [9.17, 15) is 4.79 Å². The van der Waals surface area contributed by atoms with Crippen LogP contribution in [-0.4, -0.2) is 16.1 Å². The van der Waals surface area contributed by atoms with Gasteiger partial charge >= 0.3 is 5.97 Å². The van der Waals surface area contributed by atoms with E-state index < -0.39 is 5.97 Å². The zero-order valence-electron chi connectivity index (χ0n) is 9.23. The Morgan fingerprint density at radius 1 is 1.50 bits per heavy atom. The highest BCUT2D eigenvalue weighted by Crippen LogP contribution is 2.19. The van der Waals surface area contributed by atoms with Crippen LogP contribution in [0.15, 0.2) is 22.6 Å². The van der Waals surface area contributed by atoms with Gasteiger partial charge in [-0.2, -0.15) is 0 Å². The first-order valence-corrected chi connectivity index (χ1v) is 5.19. The van der Waals surface area contributed by atoms with Crippen molar-refractivity contribution in [3.8, 4) is 0 Å². The minimum Gasteiger partial charge on any atom is -0.478 e. The molecule has 0 atom stereocenters. The summed E-state index contributed by atoms with van der Waals surface area (Å²) in [4.78, 5) is 15.1. The summed E-state index contributed by atoms with van der Waals surface area (Å²) in [5.41, 5.74) is 1.47. The second-order valence-corrected chi connectivity index (χ2v) is 4.19. The Morgan fingerprint density at radius 3 is 2.88 bits per heavy atom. The number of carbonyl (C=O) groups is 1. The molecular formula is C12H13NO3. The third kappa shape index (κ3) is 2.05. The Bertz CT molecular complexity index is 528. The number of hydrogen-bond acceptors (Lipinski definition) is 3. The van der Waals surface area contributed by atoms with Crippen LogP contribution in [0.5, 0.6) is 0 Å². The predicted octanol–water partition coefficient (Wildman–Crippen LogP) is 2.72. The number of oxazole rings is 1. The second-order valence-electron chi connectivity index (χ2n) is 4.19. The maximum absolute atomic E-state index is 10.8. The first kappa shape index (κ1) is 10.7. The maximum Gasteiger partial charge on any atom is 0.335 e. The van der Waals surface area contributed by atoms with Crippen LogP contribution in [0, 0.1) is 5.92 Å². The summed E-state index contributed by atoms with van der Waals surface area (Å²) >= 11 is 0. The fraction of sp³-hybridized carbons (Fsp3) is 0.333. The SMILES string of the molecule is CC(C)Cc1nc2ccc(C(=O)O)cc2o1. The Labute approximate surface area is 92.9 Å². The van der Waals surface area contributed by atoms with Crippen LogP contribution in [-0.2, 0) is 6.42 Å².